The molecule has 2 aliphatic heterocycles. The normalized spacial score (nSPS) is 16.9. The van der Waals surface area contributed by atoms with E-state index < -0.39 is 10.0 Å². The zero-order valence-corrected chi connectivity index (χ0v) is 19.1. The van der Waals surface area contributed by atoms with E-state index in [0.29, 0.717) is 35.0 Å². The average Bonchev–Trinajstić information content (AvgIpc) is 3.26. The maximum absolute atomic E-state index is 13.1. The lowest BCUT2D eigenvalue weighted by molar-refractivity contribution is 0.346. The van der Waals surface area contributed by atoms with Crippen LogP contribution in [0.1, 0.15) is 24.8 Å². The van der Waals surface area contributed by atoms with Crippen LogP contribution in [0.4, 0.5) is 11.4 Å². The van der Waals surface area contributed by atoms with Gasteiger partial charge in [-0.25, -0.2) is 8.42 Å². The van der Waals surface area contributed by atoms with Gasteiger partial charge in [0.25, 0.3) is 0 Å². The Labute approximate surface area is 187 Å². The topological polar surface area (TPSA) is 84.9 Å². The summed E-state index contributed by atoms with van der Waals surface area (Å²) < 4.78 is 38.7. The zero-order chi connectivity index (χ0) is 22.3. The van der Waals surface area contributed by atoms with Crippen molar-refractivity contribution < 1.29 is 17.9 Å². The van der Waals surface area contributed by atoms with E-state index in [4.69, 9.17) is 9.47 Å². The van der Waals surface area contributed by atoms with Gasteiger partial charge in [0.15, 0.2) is 11.5 Å². The molecule has 2 aromatic carbocycles. The number of anilines is 2. The molecule has 0 radical (unpaired) electrons. The highest BCUT2D eigenvalue weighted by Crippen LogP contribution is 2.41. The summed E-state index contributed by atoms with van der Waals surface area (Å²) in [6, 6.07) is 9.19. The molecule has 0 unspecified atom stereocenters. The van der Waals surface area contributed by atoms with Crippen LogP contribution in [0, 0.1) is 0 Å². The van der Waals surface area contributed by atoms with E-state index in [1.807, 2.05) is 24.3 Å². The van der Waals surface area contributed by atoms with Crippen molar-refractivity contribution in [3.63, 3.8) is 0 Å². The zero-order valence-electron chi connectivity index (χ0n) is 18.2. The summed E-state index contributed by atoms with van der Waals surface area (Å²) in [6.45, 7) is 1.94. The molecule has 1 fully saturated rings. The first-order chi connectivity index (χ1) is 15.5. The second-order valence-electron chi connectivity index (χ2n) is 8.11. The van der Waals surface area contributed by atoms with E-state index in [1.165, 1.54) is 0 Å². The number of methoxy groups -OCH3 is 2. The highest BCUT2D eigenvalue weighted by atomic mass is 32.2. The smallest absolute Gasteiger partial charge is 0.243 e. The van der Waals surface area contributed by atoms with Gasteiger partial charge in [0.2, 0.25) is 10.0 Å². The number of ether oxygens (including phenoxy) is 2. The molecule has 3 heterocycles. The predicted molar refractivity (Wildman–Crippen MR) is 122 cm³/mol. The fraction of sp³-hybridized carbons (Fsp3) is 0.391. The molecule has 168 valence electrons. The quantitative estimate of drug-likeness (QED) is 0.583. The number of piperidine rings is 1. The van der Waals surface area contributed by atoms with Crippen LogP contribution in [-0.2, 0) is 16.4 Å². The molecular weight excluding hydrogens is 428 g/mol. The minimum Gasteiger partial charge on any atom is -0.493 e. The molecule has 0 aliphatic carbocycles. The lowest BCUT2D eigenvalue weighted by atomic mass is 10.1. The van der Waals surface area contributed by atoms with Gasteiger partial charge in [0.05, 0.1) is 36.5 Å². The average molecular weight is 455 g/mol. The van der Waals surface area contributed by atoms with Crippen LogP contribution in [0.2, 0.25) is 0 Å². The molecule has 0 N–H and O–H groups in total. The van der Waals surface area contributed by atoms with E-state index in [9.17, 15) is 8.42 Å². The van der Waals surface area contributed by atoms with Crippen molar-refractivity contribution in [3.8, 4) is 11.5 Å². The van der Waals surface area contributed by atoms with Crippen LogP contribution in [0.5, 0.6) is 11.5 Å². The number of nitrogens with zero attached hydrogens (tertiary/aromatic N) is 4. The Morgan fingerprint density at radius 2 is 1.66 bits per heavy atom. The van der Waals surface area contributed by atoms with Crippen LogP contribution < -0.4 is 14.4 Å². The summed E-state index contributed by atoms with van der Waals surface area (Å²) in [7, 11) is -0.260. The maximum Gasteiger partial charge on any atom is 0.243 e. The Balaban J connectivity index is 1.53. The van der Waals surface area contributed by atoms with Crippen LogP contribution in [0.15, 0.2) is 41.4 Å². The lowest BCUT2D eigenvalue weighted by Crippen LogP contribution is -2.35. The van der Waals surface area contributed by atoms with Gasteiger partial charge < -0.3 is 14.4 Å². The van der Waals surface area contributed by atoms with E-state index in [2.05, 4.69) is 15.1 Å². The summed E-state index contributed by atoms with van der Waals surface area (Å²) in [6.07, 6.45) is 5.44. The van der Waals surface area contributed by atoms with Gasteiger partial charge in [-0.05, 0) is 49.1 Å². The van der Waals surface area contributed by atoms with Crippen LogP contribution >= 0.6 is 0 Å². The Bertz CT molecular complexity index is 1270. The molecule has 0 atom stereocenters. The SMILES string of the molecule is COc1cc2nncc(N3CCc4cc(S(=O)(=O)N5CCCCC5)ccc43)c2cc1OC. The number of aromatic nitrogens is 2. The summed E-state index contributed by atoms with van der Waals surface area (Å²) in [5, 5.41) is 9.34. The number of sulfonamides is 1. The molecule has 2 aliphatic rings. The summed E-state index contributed by atoms with van der Waals surface area (Å²) >= 11 is 0. The second kappa shape index (κ2) is 8.22. The molecule has 9 heteroatoms. The van der Waals surface area contributed by atoms with Crippen molar-refractivity contribution in [3.05, 3.63) is 42.1 Å². The fourth-order valence-corrected chi connectivity index (χ4v) is 6.20. The van der Waals surface area contributed by atoms with E-state index in [0.717, 1.165) is 54.6 Å². The third kappa shape index (κ3) is 3.45. The van der Waals surface area contributed by atoms with Crippen LogP contribution in [-0.4, -0.2) is 56.8 Å². The standard InChI is InChI=1S/C23H26N4O4S/c1-30-22-13-18-19(14-23(22)31-2)25-24-15-21(18)27-11-8-16-12-17(6-7-20(16)27)32(28,29)26-9-4-3-5-10-26/h6-7,12-15H,3-5,8-11H2,1-2H3. The number of benzene rings is 2. The molecule has 0 amide bonds. The second-order valence-corrected chi connectivity index (χ2v) is 10.0. The third-order valence-corrected chi connectivity index (χ3v) is 8.21. The summed E-state index contributed by atoms with van der Waals surface area (Å²) in [5.41, 5.74) is 3.62. The van der Waals surface area contributed by atoms with Crippen molar-refractivity contribution in [2.45, 2.75) is 30.6 Å². The maximum atomic E-state index is 13.1. The predicted octanol–water partition coefficient (Wildman–Crippen LogP) is 3.52. The number of rotatable bonds is 5. The van der Waals surface area contributed by atoms with E-state index in [1.54, 1.807) is 30.8 Å². The van der Waals surface area contributed by atoms with Crippen LogP contribution in [0.25, 0.3) is 10.9 Å². The largest absolute Gasteiger partial charge is 0.493 e. The fourth-order valence-electron chi connectivity index (χ4n) is 4.63. The molecule has 0 spiro atoms. The van der Waals surface area contributed by atoms with Gasteiger partial charge in [0, 0.05) is 36.8 Å². The Hall–Kier alpha value is -2.91. The highest BCUT2D eigenvalue weighted by molar-refractivity contribution is 7.89. The molecule has 32 heavy (non-hydrogen) atoms. The molecule has 8 nitrogen and oxygen atoms in total. The van der Waals surface area contributed by atoms with E-state index in [-0.39, 0.29) is 0 Å². The highest BCUT2D eigenvalue weighted by Gasteiger charge is 2.29. The van der Waals surface area contributed by atoms with Crippen molar-refractivity contribution in [2.75, 3.05) is 38.8 Å². The van der Waals surface area contributed by atoms with Gasteiger partial charge in [-0.15, -0.1) is 0 Å². The summed E-state index contributed by atoms with van der Waals surface area (Å²) in [5.74, 6) is 1.22. The van der Waals surface area contributed by atoms with Gasteiger partial charge in [-0.1, -0.05) is 6.42 Å². The molecule has 3 aromatic rings. The van der Waals surface area contributed by atoms with E-state index >= 15 is 0 Å². The van der Waals surface area contributed by atoms with Gasteiger partial charge in [0.1, 0.15) is 0 Å². The molecular formula is C23H26N4O4S. The Morgan fingerprint density at radius 3 is 2.41 bits per heavy atom. The summed E-state index contributed by atoms with van der Waals surface area (Å²) in [4.78, 5) is 2.54. The number of hydrogen-bond acceptors (Lipinski definition) is 7. The monoisotopic (exact) mass is 454 g/mol. The number of fused-ring (bicyclic) bond motifs is 2. The van der Waals surface area contributed by atoms with Gasteiger partial charge >= 0.3 is 0 Å². The van der Waals surface area contributed by atoms with Crippen molar-refractivity contribution >= 4 is 32.3 Å². The molecule has 0 bridgehead atoms. The first kappa shape index (κ1) is 21.0. The van der Waals surface area contributed by atoms with Crippen LogP contribution in [0.3, 0.4) is 0 Å². The first-order valence-electron chi connectivity index (χ1n) is 10.8. The number of hydrogen-bond donors (Lipinski definition) is 0. The Morgan fingerprint density at radius 1 is 0.906 bits per heavy atom. The minimum absolute atomic E-state index is 0.379. The third-order valence-electron chi connectivity index (χ3n) is 6.31. The molecule has 0 saturated carbocycles. The first-order valence-corrected chi connectivity index (χ1v) is 12.2. The molecule has 1 aromatic heterocycles. The van der Waals surface area contributed by atoms with Gasteiger partial charge in [-0.2, -0.15) is 14.5 Å². The Kier molecular flexibility index (Phi) is 5.38. The lowest BCUT2D eigenvalue weighted by Gasteiger charge is -2.26. The molecule has 1 saturated heterocycles. The molecule has 5 rings (SSSR count). The van der Waals surface area contributed by atoms with Crippen molar-refractivity contribution in [2.24, 2.45) is 0 Å². The van der Waals surface area contributed by atoms with Gasteiger partial charge in [-0.3, -0.25) is 0 Å². The minimum atomic E-state index is -3.46. The van der Waals surface area contributed by atoms with Crippen molar-refractivity contribution in [1.82, 2.24) is 14.5 Å². The van der Waals surface area contributed by atoms with Crippen molar-refractivity contribution in [1.29, 1.82) is 0 Å².